The molecule has 5 fully saturated rings. The van der Waals surface area contributed by atoms with Crippen molar-refractivity contribution in [2.45, 2.75) is 121 Å². The number of piperazine rings is 1. The van der Waals surface area contributed by atoms with Crippen LogP contribution in [-0.2, 0) is 20.9 Å². The number of H-pyrrole nitrogens is 1. The molecule has 3 amide bonds. The number of β-amino-alcohol motifs (C(OH)–C–C–N with tert-alkyl or cyclic N) is 1. The fourth-order valence-corrected chi connectivity index (χ4v) is 12.0. The monoisotopic (exact) mass is 1070 g/mol. The highest BCUT2D eigenvalue weighted by Crippen LogP contribution is 2.53. The number of nitrogens with one attached hydrogen (secondary N) is 4. The summed E-state index contributed by atoms with van der Waals surface area (Å²) in [5.74, 6) is -1.03. The van der Waals surface area contributed by atoms with Crippen LogP contribution in [0.15, 0.2) is 91.1 Å². The minimum Gasteiger partial charge on any atom is -0.486 e. The number of halogens is 2. The molecule has 12 rings (SSSR count). The SMILES string of the molecule is Cc1c(F)cc2[nH]ncc2c1-c1c(C2CC2)cc2c(N3C[C@@H]4C[C@H]3CN4)nc(OC3CCOCC3)nc2c1OCc1ccc(C(=O)N[C@H](C(=O)N2C[C@H](O)C[C@H]2C(=O)N[C@@H](C)c2ccc(-c3ccccc3F)cc2)C(C)C)cc1. The third kappa shape index (κ3) is 10.4. The van der Waals surface area contributed by atoms with E-state index in [4.69, 9.17) is 24.2 Å². The molecule has 1 aliphatic carbocycles. The van der Waals surface area contributed by atoms with Crippen molar-refractivity contribution in [1.29, 1.82) is 0 Å². The summed E-state index contributed by atoms with van der Waals surface area (Å²) in [6, 6.07) is 22.8. The average Bonchev–Trinajstić information content (AvgIpc) is 4.02. The van der Waals surface area contributed by atoms with Crippen LogP contribution in [0, 0.1) is 24.5 Å². The number of aliphatic hydroxyl groups excluding tert-OH is 1. The number of hydrogen-bond acceptors (Lipinski definition) is 12. The van der Waals surface area contributed by atoms with Gasteiger partial charge in [-0.1, -0.05) is 68.4 Å². The Morgan fingerprint density at radius 3 is 2.35 bits per heavy atom. The van der Waals surface area contributed by atoms with E-state index >= 15 is 4.39 Å². The zero-order chi connectivity index (χ0) is 54.6. The van der Waals surface area contributed by atoms with Crippen molar-refractivity contribution in [2.24, 2.45) is 5.92 Å². The molecule has 5 aromatic carbocycles. The van der Waals surface area contributed by atoms with Gasteiger partial charge in [-0.2, -0.15) is 15.1 Å². The van der Waals surface area contributed by atoms with Crippen molar-refractivity contribution >= 4 is 45.3 Å². The first-order valence-corrected chi connectivity index (χ1v) is 27.7. The van der Waals surface area contributed by atoms with Crippen LogP contribution in [0.5, 0.6) is 11.8 Å². The minimum absolute atomic E-state index is 0.0346. The molecule has 4 saturated heterocycles. The zero-order valence-corrected chi connectivity index (χ0v) is 44.7. The van der Waals surface area contributed by atoms with Gasteiger partial charge in [0.2, 0.25) is 11.8 Å². The third-order valence-corrected chi connectivity index (χ3v) is 16.6. The number of fused-ring (bicyclic) bond motifs is 4. The van der Waals surface area contributed by atoms with Gasteiger partial charge in [-0.15, -0.1) is 0 Å². The molecule has 2 bridgehead atoms. The smallest absolute Gasteiger partial charge is 0.319 e. The molecule has 18 heteroatoms. The van der Waals surface area contributed by atoms with Crippen LogP contribution in [0.3, 0.4) is 0 Å². The summed E-state index contributed by atoms with van der Waals surface area (Å²) < 4.78 is 50.0. The molecule has 410 valence electrons. The Morgan fingerprint density at radius 2 is 1.65 bits per heavy atom. The van der Waals surface area contributed by atoms with Gasteiger partial charge in [0.05, 0.1) is 37.1 Å². The lowest BCUT2D eigenvalue weighted by Gasteiger charge is -2.31. The topological polar surface area (TPSA) is 196 Å². The van der Waals surface area contributed by atoms with Gasteiger partial charge < -0.3 is 45.1 Å². The Kier molecular flexibility index (Phi) is 14.3. The molecule has 0 unspecified atom stereocenters. The van der Waals surface area contributed by atoms with E-state index in [1.165, 1.54) is 17.0 Å². The number of aromatic nitrogens is 4. The number of carbonyl (C=O) groups excluding carboxylic acids is 3. The number of nitrogens with zero attached hydrogens (tertiary/aromatic N) is 5. The highest BCUT2D eigenvalue weighted by atomic mass is 19.1. The molecule has 4 aliphatic heterocycles. The number of rotatable bonds is 16. The second-order valence-electron chi connectivity index (χ2n) is 22.3. The highest BCUT2D eigenvalue weighted by molar-refractivity contribution is 6.06. The Labute approximate surface area is 456 Å². The Bertz CT molecular complexity index is 3460. The molecule has 5 aliphatic rings. The van der Waals surface area contributed by atoms with Gasteiger partial charge in [0.1, 0.15) is 47.8 Å². The lowest BCUT2D eigenvalue weighted by molar-refractivity contribution is -0.141. The van der Waals surface area contributed by atoms with E-state index in [-0.39, 0.29) is 61.2 Å². The number of ether oxygens (including phenoxy) is 3. The van der Waals surface area contributed by atoms with E-state index in [9.17, 15) is 23.9 Å². The Hall–Kier alpha value is -7.54. The van der Waals surface area contributed by atoms with E-state index in [0.29, 0.717) is 76.7 Å². The first kappa shape index (κ1) is 52.2. The largest absolute Gasteiger partial charge is 0.486 e. The van der Waals surface area contributed by atoms with Crippen LogP contribution in [0.4, 0.5) is 14.6 Å². The number of carbonyl (C=O) groups is 3. The molecule has 1 saturated carbocycles. The van der Waals surface area contributed by atoms with E-state index in [1.54, 1.807) is 67.7 Å². The van der Waals surface area contributed by atoms with Crippen molar-refractivity contribution in [3.8, 4) is 34.0 Å². The average molecular weight is 1070 g/mol. The fourth-order valence-electron chi connectivity index (χ4n) is 12.0. The van der Waals surface area contributed by atoms with Crippen LogP contribution in [-0.4, -0.2) is 117 Å². The van der Waals surface area contributed by atoms with Gasteiger partial charge in [-0.3, -0.25) is 19.5 Å². The maximum Gasteiger partial charge on any atom is 0.319 e. The van der Waals surface area contributed by atoms with Crippen LogP contribution in [0.25, 0.3) is 44.1 Å². The van der Waals surface area contributed by atoms with E-state index in [0.717, 1.165) is 71.2 Å². The molecule has 79 heavy (non-hydrogen) atoms. The number of anilines is 1. The maximum absolute atomic E-state index is 16.1. The van der Waals surface area contributed by atoms with Gasteiger partial charge in [0.15, 0.2) is 5.75 Å². The van der Waals surface area contributed by atoms with Gasteiger partial charge in [0, 0.05) is 84.0 Å². The number of amides is 3. The highest BCUT2D eigenvalue weighted by Gasteiger charge is 2.44. The van der Waals surface area contributed by atoms with E-state index in [1.807, 2.05) is 32.9 Å². The first-order chi connectivity index (χ1) is 38.3. The molecule has 7 aromatic rings. The predicted molar refractivity (Wildman–Crippen MR) is 295 cm³/mol. The van der Waals surface area contributed by atoms with Crippen molar-refractivity contribution < 1.29 is 42.5 Å². The zero-order valence-electron chi connectivity index (χ0n) is 44.7. The van der Waals surface area contributed by atoms with E-state index in [2.05, 4.69) is 37.1 Å². The molecule has 0 radical (unpaired) electrons. The quantitative estimate of drug-likeness (QED) is 0.0620. The summed E-state index contributed by atoms with van der Waals surface area (Å²) in [7, 11) is 0. The van der Waals surface area contributed by atoms with Gasteiger partial charge in [0.25, 0.3) is 5.91 Å². The predicted octanol–water partition coefficient (Wildman–Crippen LogP) is 8.59. The van der Waals surface area contributed by atoms with Crippen LogP contribution < -0.4 is 30.3 Å². The minimum atomic E-state index is -1.02. The van der Waals surface area contributed by atoms with Gasteiger partial charge in [-0.05, 0) is 103 Å². The summed E-state index contributed by atoms with van der Waals surface area (Å²) in [5, 5.41) is 29.3. The molecule has 6 heterocycles. The van der Waals surface area contributed by atoms with Crippen LogP contribution >= 0.6 is 0 Å². The van der Waals surface area contributed by atoms with Crippen LogP contribution in [0.2, 0.25) is 0 Å². The summed E-state index contributed by atoms with van der Waals surface area (Å²) >= 11 is 0. The third-order valence-electron chi connectivity index (χ3n) is 16.6. The molecule has 6 atom stereocenters. The Morgan fingerprint density at radius 1 is 0.873 bits per heavy atom. The molecular formula is C61H65F2N9O7. The molecule has 16 nitrogen and oxygen atoms in total. The number of likely N-dealkylation sites (tertiary alicyclic amines) is 1. The summed E-state index contributed by atoms with van der Waals surface area (Å²) in [6.07, 6.45) is 5.01. The molecule has 2 aromatic heterocycles. The van der Waals surface area contributed by atoms with E-state index < -0.39 is 42.0 Å². The lowest BCUT2D eigenvalue weighted by Crippen LogP contribution is -2.55. The second kappa shape index (κ2) is 21.6. The fraction of sp³-hybridized carbons (Fsp3) is 0.410. The summed E-state index contributed by atoms with van der Waals surface area (Å²) in [4.78, 5) is 56.5. The molecule has 5 N–H and O–H groups in total. The number of aromatic amines is 1. The summed E-state index contributed by atoms with van der Waals surface area (Å²) in [6.45, 7) is 10.0. The van der Waals surface area contributed by atoms with Crippen molar-refractivity contribution in [3.63, 3.8) is 0 Å². The first-order valence-electron chi connectivity index (χ1n) is 27.7. The normalized spacial score (nSPS) is 21.0. The molecular weight excluding hydrogens is 1010 g/mol. The summed E-state index contributed by atoms with van der Waals surface area (Å²) in [5.41, 5.74) is 7.00. The van der Waals surface area contributed by atoms with Gasteiger partial charge in [-0.25, -0.2) is 8.78 Å². The Balaban J connectivity index is 0.809. The number of aliphatic hydroxyl groups is 1. The number of benzene rings is 5. The maximum atomic E-state index is 16.1. The second-order valence-corrected chi connectivity index (χ2v) is 22.3. The van der Waals surface area contributed by atoms with Crippen LogP contribution in [0.1, 0.15) is 104 Å². The van der Waals surface area contributed by atoms with Crippen molar-refractivity contribution in [1.82, 2.24) is 41.0 Å². The number of hydrogen-bond donors (Lipinski definition) is 5. The lowest BCUT2D eigenvalue weighted by atomic mass is 9.88. The van der Waals surface area contributed by atoms with Crippen molar-refractivity contribution in [2.75, 3.05) is 37.7 Å². The van der Waals surface area contributed by atoms with Crippen molar-refractivity contribution in [3.05, 3.63) is 131 Å². The standard InChI is InChI=1S/C61H65F2N9O7/c1-32(2)54(60(76)72-30-42(73)24-51(72)59(75)66-34(4)36-13-15-37(16-14-36)44-7-5-6-8-48(44)62)67-58(74)39-11-9-35(10-12-39)31-78-56-53(52-33(3)49(63)26-50-47(52)28-65-70-50)45(38-17-18-38)25-46-55(56)68-61(79-43-19-21-77-22-20-43)69-57(46)71-29-40-23-41(71)27-64-40/h5-16,25-26,28,32,34,38,40-43,51,54,64,73H,17-24,27,29-31H2,1-4H3,(H,65,70)(H,66,75)(H,67,74)/t34-,40-,41-,42+,51-,54-/m0/s1. The molecule has 0 spiro atoms. The van der Waals surface area contributed by atoms with Gasteiger partial charge >= 0.3 is 6.01 Å².